The average molecular weight is 260 g/mol. The number of aliphatic imine (C=N–C) groups is 2. The molecule has 1 aliphatic heterocycles. The molecule has 1 unspecified atom stereocenters. The summed E-state index contributed by atoms with van der Waals surface area (Å²) in [6.07, 6.45) is 7.10. The molecule has 0 bridgehead atoms. The summed E-state index contributed by atoms with van der Waals surface area (Å²) in [6.45, 7) is 0. The zero-order valence-electron chi connectivity index (χ0n) is 11.2. The zero-order valence-corrected chi connectivity index (χ0v) is 11.2. The van der Waals surface area contributed by atoms with Gasteiger partial charge in [-0.1, -0.05) is 72.8 Å². The van der Waals surface area contributed by atoms with E-state index in [0.29, 0.717) is 0 Å². The van der Waals surface area contributed by atoms with E-state index in [1.165, 1.54) is 5.56 Å². The van der Waals surface area contributed by atoms with Crippen molar-refractivity contribution in [2.45, 2.75) is 12.5 Å². The van der Waals surface area contributed by atoms with Gasteiger partial charge < -0.3 is 0 Å². The third-order valence-electron chi connectivity index (χ3n) is 3.18. The van der Waals surface area contributed by atoms with Crippen LogP contribution in [0.3, 0.4) is 0 Å². The molecule has 2 heteroatoms. The maximum absolute atomic E-state index is 4.63. The molecule has 0 radical (unpaired) electrons. The predicted octanol–water partition coefficient (Wildman–Crippen LogP) is 3.99. The van der Waals surface area contributed by atoms with Gasteiger partial charge in [-0.25, -0.2) is 4.99 Å². The molecule has 0 fully saturated rings. The molecular formula is C18H16N2. The lowest BCUT2D eigenvalue weighted by Gasteiger charge is -1.99. The van der Waals surface area contributed by atoms with E-state index >= 15 is 0 Å². The molecule has 0 aliphatic carbocycles. The molecule has 0 aromatic heterocycles. The lowest BCUT2D eigenvalue weighted by atomic mass is 10.1. The van der Waals surface area contributed by atoms with Gasteiger partial charge in [-0.05, 0) is 12.0 Å². The highest BCUT2D eigenvalue weighted by molar-refractivity contribution is 6.07. The van der Waals surface area contributed by atoms with Gasteiger partial charge in [0.05, 0.1) is 6.04 Å². The summed E-state index contributed by atoms with van der Waals surface area (Å²) in [5.74, 6) is 0.837. The number of hydrogen-bond acceptors (Lipinski definition) is 2. The number of nitrogens with zero attached hydrogens (tertiary/aromatic N) is 2. The molecule has 2 aromatic carbocycles. The van der Waals surface area contributed by atoms with Crippen molar-refractivity contribution in [2.24, 2.45) is 9.98 Å². The van der Waals surface area contributed by atoms with E-state index in [0.717, 1.165) is 17.8 Å². The monoisotopic (exact) mass is 260 g/mol. The quantitative estimate of drug-likeness (QED) is 0.794. The fourth-order valence-electron chi connectivity index (χ4n) is 2.14. The average Bonchev–Trinajstić information content (AvgIpc) is 2.98. The number of rotatable bonds is 4. The van der Waals surface area contributed by atoms with Crippen LogP contribution < -0.4 is 0 Å². The minimum Gasteiger partial charge on any atom is -0.257 e. The molecule has 0 saturated heterocycles. The number of hydrogen-bond donors (Lipinski definition) is 0. The standard InChI is InChI=1S/C18H16N2/c1-3-8-15(9-4-1)10-7-13-17-14-19-18(20-17)16-11-5-2-6-12-16/h1-12,14,17H,13H2. The highest BCUT2D eigenvalue weighted by Crippen LogP contribution is 2.12. The molecule has 2 aromatic rings. The lowest BCUT2D eigenvalue weighted by molar-refractivity contribution is 0.913. The Kier molecular flexibility index (Phi) is 3.83. The van der Waals surface area contributed by atoms with Crippen molar-refractivity contribution < 1.29 is 0 Å². The highest BCUT2D eigenvalue weighted by Gasteiger charge is 2.12. The zero-order chi connectivity index (χ0) is 13.6. The first-order chi connectivity index (χ1) is 9.92. The van der Waals surface area contributed by atoms with E-state index in [1.807, 2.05) is 54.7 Å². The van der Waals surface area contributed by atoms with Crippen LogP contribution in [0.1, 0.15) is 17.5 Å². The van der Waals surface area contributed by atoms with Crippen molar-refractivity contribution in [3.05, 3.63) is 77.9 Å². The Morgan fingerprint density at radius 2 is 1.60 bits per heavy atom. The topological polar surface area (TPSA) is 24.7 Å². The van der Waals surface area contributed by atoms with Crippen molar-refractivity contribution in [1.29, 1.82) is 0 Å². The van der Waals surface area contributed by atoms with Gasteiger partial charge in [-0.2, -0.15) is 0 Å². The van der Waals surface area contributed by atoms with Crippen LogP contribution in [-0.4, -0.2) is 18.1 Å². The largest absolute Gasteiger partial charge is 0.257 e. The summed E-state index contributed by atoms with van der Waals surface area (Å²) < 4.78 is 0. The minimum absolute atomic E-state index is 0.158. The van der Waals surface area contributed by atoms with Crippen molar-refractivity contribution >= 4 is 18.1 Å². The molecule has 20 heavy (non-hydrogen) atoms. The van der Waals surface area contributed by atoms with E-state index in [1.54, 1.807) is 0 Å². The second-order valence-electron chi connectivity index (χ2n) is 4.71. The Morgan fingerprint density at radius 3 is 2.35 bits per heavy atom. The predicted molar refractivity (Wildman–Crippen MR) is 85.4 cm³/mol. The Bertz CT molecular complexity index is 640. The van der Waals surface area contributed by atoms with Gasteiger partial charge in [0, 0.05) is 11.8 Å². The van der Waals surface area contributed by atoms with Crippen LogP contribution in [0.25, 0.3) is 6.08 Å². The first-order valence-corrected chi connectivity index (χ1v) is 6.81. The Labute approximate surface area is 119 Å². The summed E-state index contributed by atoms with van der Waals surface area (Å²) in [5.41, 5.74) is 2.30. The molecule has 0 N–H and O–H groups in total. The lowest BCUT2D eigenvalue weighted by Crippen LogP contribution is -2.00. The van der Waals surface area contributed by atoms with E-state index in [9.17, 15) is 0 Å². The summed E-state index contributed by atoms with van der Waals surface area (Å²) in [6, 6.07) is 20.6. The summed E-state index contributed by atoms with van der Waals surface area (Å²) >= 11 is 0. The molecule has 3 rings (SSSR count). The van der Waals surface area contributed by atoms with Crippen molar-refractivity contribution in [2.75, 3.05) is 0 Å². The summed E-state index contributed by atoms with van der Waals surface area (Å²) in [5, 5.41) is 0. The van der Waals surface area contributed by atoms with Crippen molar-refractivity contribution in [3.8, 4) is 0 Å². The molecule has 98 valence electrons. The van der Waals surface area contributed by atoms with E-state index in [4.69, 9.17) is 0 Å². The molecule has 2 nitrogen and oxygen atoms in total. The summed E-state index contributed by atoms with van der Waals surface area (Å²) in [4.78, 5) is 9.04. The maximum Gasteiger partial charge on any atom is 0.154 e. The van der Waals surface area contributed by atoms with E-state index in [2.05, 4.69) is 34.3 Å². The van der Waals surface area contributed by atoms with Crippen LogP contribution in [0.5, 0.6) is 0 Å². The van der Waals surface area contributed by atoms with Gasteiger partial charge in [0.25, 0.3) is 0 Å². The van der Waals surface area contributed by atoms with Crippen LogP contribution in [0.15, 0.2) is 76.7 Å². The SMILES string of the molecule is C(=Cc1ccccc1)CC1C=NC(c2ccccc2)=N1. The number of amidine groups is 1. The Hall–Kier alpha value is -2.48. The number of benzene rings is 2. The maximum atomic E-state index is 4.63. The van der Waals surface area contributed by atoms with E-state index in [-0.39, 0.29) is 6.04 Å². The van der Waals surface area contributed by atoms with Gasteiger partial charge >= 0.3 is 0 Å². The Balaban J connectivity index is 1.62. The molecule has 1 heterocycles. The second kappa shape index (κ2) is 6.11. The highest BCUT2D eigenvalue weighted by atomic mass is 15.0. The van der Waals surface area contributed by atoms with Gasteiger partial charge in [-0.15, -0.1) is 0 Å². The van der Waals surface area contributed by atoms with Crippen LogP contribution in [0, 0.1) is 0 Å². The smallest absolute Gasteiger partial charge is 0.154 e. The second-order valence-corrected chi connectivity index (χ2v) is 4.71. The third kappa shape index (κ3) is 3.09. The van der Waals surface area contributed by atoms with Crippen LogP contribution in [-0.2, 0) is 0 Å². The third-order valence-corrected chi connectivity index (χ3v) is 3.18. The van der Waals surface area contributed by atoms with E-state index < -0.39 is 0 Å². The fourth-order valence-corrected chi connectivity index (χ4v) is 2.14. The molecular weight excluding hydrogens is 244 g/mol. The van der Waals surface area contributed by atoms with Gasteiger partial charge in [0.2, 0.25) is 0 Å². The molecule has 0 spiro atoms. The van der Waals surface area contributed by atoms with Crippen LogP contribution in [0.2, 0.25) is 0 Å². The van der Waals surface area contributed by atoms with Crippen LogP contribution >= 0.6 is 0 Å². The molecule has 0 saturated carbocycles. The van der Waals surface area contributed by atoms with Gasteiger partial charge in [0.1, 0.15) is 0 Å². The minimum atomic E-state index is 0.158. The molecule has 1 aliphatic rings. The van der Waals surface area contributed by atoms with Gasteiger partial charge in [0.15, 0.2) is 5.84 Å². The summed E-state index contributed by atoms with van der Waals surface area (Å²) in [7, 11) is 0. The molecule has 0 amide bonds. The first-order valence-electron chi connectivity index (χ1n) is 6.81. The fraction of sp³-hybridized carbons (Fsp3) is 0.111. The normalized spacial score (nSPS) is 17.6. The van der Waals surface area contributed by atoms with Gasteiger partial charge in [-0.3, -0.25) is 4.99 Å². The Morgan fingerprint density at radius 1 is 0.900 bits per heavy atom. The molecule has 1 atom stereocenters. The van der Waals surface area contributed by atoms with Crippen molar-refractivity contribution in [3.63, 3.8) is 0 Å². The first kappa shape index (κ1) is 12.5. The van der Waals surface area contributed by atoms with Crippen LogP contribution in [0.4, 0.5) is 0 Å². The van der Waals surface area contributed by atoms with Crippen molar-refractivity contribution in [1.82, 2.24) is 0 Å².